The first kappa shape index (κ1) is 22.3. The molecular weight excluding hydrogens is 470 g/mol. The molecule has 2 saturated carbocycles. The molecule has 1 amide bonds. The molecule has 3 fully saturated rings. The largest absolute Gasteiger partial charge is 0.341 e. The first-order chi connectivity index (χ1) is 15.5. The molecule has 1 aromatic carbocycles. The molecule has 1 aromatic rings. The second-order valence-electron chi connectivity index (χ2n) is 9.07. The van der Waals surface area contributed by atoms with Gasteiger partial charge in [0.05, 0.1) is 18.0 Å². The van der Waals surface area contributed by atoms with Crippen LogP contribution in [0.25, 0.3) is 0 Å². The molecule has 5 rings (SSSR count). The number of fused-ring (bicyclic) bond motifs is 2. The molecule has 3 atom stereocenters. The molecule has 0 spiro atoms. The third kappa shape index (κ3) is 4.02. The van der Waals surface area contributed by atoms with E-state index in [1.807, 2.05) is 0 Å². The lowest BCUT2D eigenvalue weighted by molar-refractivity contribution is -0.154. The van der Waals surface area contributed by atoms with Gasteiger partial charge in [-0.25, -0.2) is 13.8 Å². The van der Waals surface area contributed by atoms with Crippen molar-refractivity contribution in [1.82, 2.24) is 10.4 Å². The van der Waals surface area contributed by atoms with E-state index in [2.05, 4.69) is 19.9 Å². The van der Waals surface area contributed by atoms with Crippen molar-refractivity contribution in [2.45, 2.75) is 55.5 Å². The van der Waals surface area contributed by atoms with Crippen LogP contribution in [-0.2, 0) is 29.6 Å². The van der Waals surface area contributed by atoms with Crippen LogP contribution in [0.3, 0.4) is 0 Å². The van der Waals surface area contributed by atoms with Gasteiger partial charge in [0.1, 0.15) is 10.7 Å². The van der Waals surface area contributed by atoms with E-state index in [0.29, 0.717) is 6.42 Å². The van der Waals surface area contributed by atoms with Crippen molar-refractivity contribution >= 4 is 48.9 Å². The van der Waals surface area contributed by atoms with Crippen LogP contribution in [-0.4, -0.2) is 57.7 Å². The number of nitrogens with one attached hydrogen (secondary N) is 3. The number of anilines is 2. The molecule has 13 heteroatoms. The zero-order valence-corrected chi connectivity index (χ0v) is 19.6. The number of carbonyl (C=O) groups is 2. The predicted molar refractivity (Wildman–Crippen MR) is 120 cm³/mol. The lowest BCUT2D eigenvalue weighted by Gasteiger charge is -2.44. The number of rotatable bonds is 5. The van der Waals surface area contributed by atoms with E-state index in [0.717, 1.165) is 44.4 Å². The zero-order chi connectivity index (χ0) is 23.5. The Bertz CT molecular complexity index is 1270. The average Bonchev–Trinajstić information content (AvgIpc) is 3.15. The van der Waals surface area contributed by atoms with Crippen molar-refractivity contribution in [3.8, 4) is 0 Å². The number of benzene rings is 1. The van der Waals surface area contributed by atoms with Crippen molar-refractivity contribution in [3.63, 3.8) is 0 Å². The number of carbonyl (C=O) groups excluding carboxylic acids is 2. The van der Waals surface area contributed by atoms with Crippen LogP contribution in [0.1, 0.15) is 38.5 Å². The zero-order valence-electron chi connectivity index (χ0n) is 17.9. The third-order valence-corrected chi connectivity index (χ3v) is 8.63. The fourth-order valence-corrected chi connectivity index (χ4v) is 6.68. The van der Waals surface area contributed by atoms with Crippen LogP contribution in [0.15, 0.2) is 27.5 Å². The number of piperidine rings is 1. The maximum Gasteiger partial charge on any atom is 0.286 e. The van der Waals surface area contributed by atoms with Crippen LogP contribution in [0, 0.1) is 11.8 Å². The van der Waals surface area contributed by atoms with Gasteiger partial charge in [0, 0.05) is 17.6 Å². The topological polar surface area (TPSA) is 154 Å². The van der Waals surface area contributed by atoms with E-state index in [4.69, 9.17) is 0 Å². The lowest BCUT2D eigenvalue weighted by Crippen LogP contribution is -2.65. The highest BCUT2D eigenvalue weighted by atomic mass is 32.2. The summed E-state index contributed by atoms with van der Waals surface area (Å²) >= 11 is 0. The molecule has 1 saturated heterocycles. The van der Waals surface area contributed by atoms with Gasteiger partial charge < -0.3 is 5.32 Å². The molecule has 0 bridgehead atoms. The molecule has 178 valence electrons. The Morgan fingerprint density at radius 2 is 1.85 bits per heavy atom. The minimum Gasteiger partial charge on any atom is -0.341 e. The molecule has 0 aromatic heterocycles. The van der Waals surface area contributed by atoms with Crippen molar-refractivity contribution in [1.29, 1.82) is 0 Å². The van der Waals surface area contributed by atoms with Crippen molar-refractivity contribution < 1.29 is 26.4 Å². The predicted octanol–water partition coefficient (Wildman–Crippen LogP) is 0.824. The number of Topliss-reactive ketones (excluding diaryl/α,β-unsaturated/α-hetero) is 1. The Balaban J connectivity index is 1.49. The Morgan fingerprint density at radius 1 is 1.12 bits per heavy atom. The van der Waals surface area contributed by atoms with Gasteiger partial charge in [-0.3, -0.25) is 19.3 Å². The molecule has 11 nitrogen and oxygen atoms in total. The summed E-state index contributed by atoms with van der Waals surface area (Å²) < 4.78 is 54.9. The van der Waals surface area contributed by atoms with Crippen molar-refractivity contribution in [2.75, 3.05) is 16.3 Å². The van der Waals surface area contributed by atoms with Crippen LogP contribution in [0.2, 0.25) is 0 Å². The molecule has 2 aliphatic heterocycles. The van der Waals surface area contributed by atoms with Gasteiger partial charge in [0.25, 0.3) is 15.9 Å². The van der Waals surface area contributed by atoms with E-state index in [1.54, 1.807) is 5.01 Å². The Hall–Kier alpha value is -2.51. The molecular formula is C20H25N5O6S2. The first-order valence-electron chi connectivity index (χ1n) is 10.9. The van der Waals surface area contributed by atoms with E-state index in [9.17, 15) is 26.4 Å². The number of sulfonamides is 2. The van der Waals surface area contributed by atoms with E-state index in [1.165, 1.54) is 12.1 Å². The van der Waals surface area contributed by atoms with Crippen LogP contribution in [0.5, 0.6) is 0 Å². The Kier molecular flexibility index (Phi) is 5.25. The minimum atomic E-state index is -4.27. The fraction of sp³-hybridized carbons (Fsp3) is 0.550. The van der Waals surface area contributed by atoms with Crippen LogP contribution >= 0.6 is 0 Å². The number of nitrogens with zero attached hydrogens (tertiary/aromatic N) is 2. The van der Waals surface area contributed by atoms with Crippen molar-refractivity contribution in [3.05, 3.63) is 18.2 Å². The van der Waals surface area contributed by atoms with Gasteiger partial charge in [-0.05, 0) is 43.9 Å². The van der Waals surface area contributed by atoms with Gasteiger partial charge in [-0.15, -0.1) is 4.40 Å². The summed E-state index contributed by atoms with van der Waals surface area (Å²) in [5.41, 5.74) is 3.47. The summed E-state index contributed by atoms with van der Waals surface area (Å²) in [7, 11) is -7.88. The second kappa shape index (κ2) is 7.77. The van der Waals surface area contributed by atoms with Gasteiger partial charge in [0.15, 0.2) is 11.7 Å². The summed E-state index contributed by atoms with van der Waals surface area (Å²) in [6, 6.07) is 3.89. The number of amides is 1. The smallest absolute Gasteiger partial charge is 0.286 e. The highest BCUT2D eigenvalue weighted by molar-refractivity contribution is 7.92. The molecule has 33 heavy (non-hydrogen) atoms. The summed E-state index contributed by atoms with van der Waals surface area (Å²) in [6.45, 7) is 0. The normalized spacial score (nSPS) is 28.9. The van der Waals surface area contributed by atoms with E-state index < -0.39 is 31.9 Å². The van der Waals surface area contributed by atoms with E-state index in [-0.39, 0.29) is 45.9 Å². The maximum absolute atomic E-state index is 13.4. The fourth-order valence-electron chi connectivity index (χ4n) is 4.95. The monoisotopic (exact) mass is 495 g/mol. The average molecular weight is 496 g/mol. The third-order valence-electron chi connectivity index (χ3n) is 6.69. The molecule has 3 N–H and O–H groups in total. The van der Waals surface area contributed by atoms with E-state index >= 15 is 0 Å². The Morgan fingerprint density at radius 3 is 2.52 bits per heavy atom. The van der Waals surface area contributed by atoms with Gasteiger partial charge in [-0.2, -0.15) is 8.42 Å². The molecule has 2 aliphatic carbocycles. The Labute approximate surface area is 192 Å². The molecule has 2 heterocycles. The highest BCUT2D eigenvalue weighted by Gasteiger charge is 2.53. The summed E-state index contributed by atoms with van der Waals surface area (Å²) in [5, 5.41) is 4.41. The van der Waals surface area contributed by atoms with Crippen LogP contribution in [0.4, 0.5) is 11.4 Å². The standard InChI is InChI=1S/C20H25N5O6S2/c1-32(28,29)23-12-8-9-14-16(10-12)33(30,31)24-19(21-14)17-18(26)13-6-3-7-15(13)25(20(17)27)22-11-4-2-5-11/h8-11,13,15,17,22-23H,2-7H2,1H3,(H,21,24). The maximum atomic E-state index is 13.4. The van der Waals surface area contributed by atoms with Crippen LogP contribution < -0.4 is 15.5 Å². The number of hydrogen-bond donors (Lipinski definition) is 3. The molecule has 3 unspecified atom stereocenters. The first-order valence-corrected chi connectivity index (χ1v) is 14.2. The number of hydrogen-bond acceptors (Lipinski definition) is 8. The number of ketones is 1. The summed E-state index contributed by atoms with van der Waals surface area (Å²) in [4.78, 5) is 26.5. The number of hydrazine groups is 1. The number of amidine groups is 1. The highest BCUT2D eigenvalue weighted by Crippen LogP contribution is 2.39. The lowest BCUT2D eigenvalue weighted by atomic mass is 9.82. The van der Waals surface area contributed by atoms with Gasteiger partial charge in [0.2, 0.25) is 10.0 Å². The summed E-state index contributed by atoms with van der Waals surface area (Å²) in [5.74, 6) is -2.72. The van der Waals surface area contributed by atoms with Gasteiger partial charge in [-0.1, -0.05) is 12.8 Å². The SMILES string of the molecule is CS(=O)(=O)Nc1ccc2c(c1)S(=O)(=O)N=C(C1C(=O)C3CCCC3N(NC3CCC3)C1=O)N2. The van der Waals surface area contributed by atoms with Gasteiger partial charge >= 0.3 is 0 Å². The molecule has 0 radical (unpaired) electrons. The summed E-state index contributed by atoms with van der Waals surface area (Å²) in [6.07, 6.45) is 6.13. The minimum absolute atomic E-state index is 0.0646. The van der Waals surface area contributed by atoms with Crippen molar-refractivity contribution in [2.24, 2.45) is 16.2 Å². The molecule has 4 aliphatic rings. The second-order valence-corrected chi connectivity index (χ2v) is 12.4. The quantitative estimate of drug-likeness (QED) is 0.508.